The van der Waals surface area contributed by atoms with E-state index < -0.39 is 6.10 Å². The molecule has 0 aromatic heterocycles. The third-order valence-electron chi connectivity index (χ3n) is 2.89. The van der Waals surface area contributed by atoms with Crippen LogP contribution in [-0.2, 0) is 9.47 Å². The quantitative estimate of drug-likeness (QED) is 0.197. The third-order valence-corrected chi connectivity index (χ3v) is 3.29. The number of rotatable bonds is 15. The summed E-state index contributed by atoms with van der Waals surface area (Å²) < 4.78 is 11.2. The third kappa shape index (κ3) is 12.9. The predicted octanol–water partition coefficient (Wildman–Crippen LogP) is 0.913. The first-order valence-corrected chi connectivity index (χ1v) is 9.18. The molecule has 23 heavy (non-hydrogen) atoms. The van der Waals surface area contributed by atoms with E-state index in [9.17, 15) is 5.11 Å². The normalized spacial score (nSPS) is 15.3. The summed E-state index contributed by atoms with van der Waals surface area (Å²) in [5.74, 6) is 1.29. The molecule has 0 bridgehead atoms. The van der Waals surface area contributed by atoms with Crippen LogP contribution in [0.3, 0.4) is 0 Å². The maximum absolute atomic E-state index is 10.1. The van der Waals surface area contributed by atoms with Gasteiger partial charge in [-0.3, -0.25) is 9.98 Å². The number of aliphatic hydroxyl groups excluding tert-OH is 2. The molecule has 0 heterocycles. The highest BCUT2D eigenvalue weighted by molar-refractivity contribution is 7.80. The summed E-state index contributed by atoms with van der Waals surface area (Å²) in [6, 6.07) is 0. The van der Waals surface area contributed by atoms with Crippen LogP contribution in [0.4, 0.5) is 0 Å². The predicted molar refractivity (Wildman–Crippen MR) is 102 cm³/mol. The molecule has 0 amide bonds. The molecule has 0 aromatic carbocycles. The molecule has 136 valence electrons. The largest absolute Gasteiger partial charge is 0.396 e. The van der Waals surface area contributed by atoms with Gasteiger partial charge in [0.1, 0.15) is 6.10 Å². The number of aliphatic hydroxyl groups is 2. The van der Waals surface area contributed by atoms with Gasteiger partial charge < -0.3 is 19.7 Å². The van der Waals surface area contributed by atoms with Gasteiger partial charge in [0.05, 0.1) is 25.0 Å². The Balaban J connectivity index is 4.36. The lowest BCUT2D eigenvalue weighted by Crippen LogP contribution is -2.32. The fourth-order valence-electron chi connectivity index (χ4n) is 1.70. The SMILES string of the molecule is CCC(OC/C(COCCCO)=N\CCS)C(O)/C=N\CCS. The van der Waals surface area contributed by atoms with Gasteiger partial charge in [0.2, 0.25) is 0 Å². The van der Waals surface area contributed by atoms with Crippen molar-refractivity contribution in [2.24, 2.45) is 9.98 Å². The summed E-state index contributed by atoms with van der Waals surface area (Å²) in [4.78, 5) is 8.47. The summed E-state index contributed by atoms with van der Waals surface area (Å²) in [5.41, 5.74) is 0.773. The Labute approximate surface area is 150 Å². The first-order chi connectivity index (χ1) is 11.2. The van der Waals surface area contributed by atoms with Crippen LogP contribution in [0.1, 0.15) is 19.8 Å². The number of hydrogen-bond donors (Lipinski definition) is 4. The first-order valence-electron chi connectivity index (χ1n) is 7.91. The van der Waals surface area contributed by atoms with E-state index in [4.69, 9.17) is 14.6 Å². The van der Waals surface area contributed by atoms with Crippen molar-refractivity contribution in [1.29, 1.82) is 0 Å². The first kappa shape index (κ1) is 22.9. The van der Waals surface area contributed by atoms with Crippen molar-refractivity contribution in [3.05, 3.63) is 0 Å². The van der Waals surface area contributed by atoms with Crippen molar-refractivity contribution in [3.8, 4) is 0 Å². The average molecular weight is 367 g/mol. The number of ether oxygens (including phenoxy) is 2. The van der Waals surface area contributed by atoms with E-state index in [1.165, 1.54) is 6.21 Å². The maximum Gasteiger partial charge on any atom is 0.115 e. The molecular weight excluding hydrogens is 336 g/mol. The number of thiol groups is 2. The van der Waals surface area contributed by atoms with Crippen LogP contribution in [0.15, 0.2) is 9.98 Å². The van der Waals surface area contributed by atoms with Crippen LogP contribution in [0.25, 0.3) is 0 Å². The number of hydrogen-bond acceptors (Lipinski definition) is 8. The molecule has 0 rings (SSSR count). The second-order valence-corrected chi connectivity index (χ2v) is 5.72. The van der Waals surface area contributed by atoms with Gasteiger partial charge in [0.25, 0.3) is 0 Å². The Morgan fingerprint density at radius 3 is 2.57 bits per heavy atom. The molecule has 0 radical (unpaired) electrons. The van der Waals surface area contributed by atoms with Crippen LogP contribution in [-0.4, -0.2) is 85.4 Å². The molecule has 0 saturated carbocycles. The minimum atomic E-state index is -0.749. The molecule has 6 nitrogen and oxygen atoms in total. The van der Waals surface area contributed by atoms with E-state index >= 15 is 0 Å². The molecule has 2 unspecified atom stereocenters. The average Bonchev–Trinajstić information content (AvgIpc) is 2.56. The lowest BCUT2D eigenvalue weighted by molar-refractivity contribution is 0.00626. The Morgan fingerprint density at radius 2 is 1.96 bits per heavy atom. The topological polar surface area (TPSA) is 83.6 Å². The minimum absolute atomic E-state index is 0.106. The van der Waals surface area contributed by atoms with Gasteiger partial charge in [-0.15, -0.1) is 0 Å². The van der Waals surface area contributed by atoms with Crippen molar-refractivity contribution in [3.63, 3.8) is 0 Å². The fourth-order valence-corrected chi connectivity index (χ4v) is 1.91. The van der Waals surface area contributed by atoms with Crippen LogP contribution in [0, 0.1) is 0 Å². The highest BCUT2D eigenvalue weighted by Gasteiger charge is 2.17. The number of aliphatic imine (C=N–C) groups is 2. The zero-order valence-electron chi connectivity index (χ0n) is 13.8. The molecular formula is C15H30N2O4S2. The second-order valence-electron chi connectivity index (χ2n) is 4.83. The zero-order chi connectivity index (χ0) is 17.3. The molecule has 0 aliphatic carbocycles. The lowest BCUT2D eigenvalue weighted by atomic mass is 10.1. The summed E-state index contributed by atoms with van der Waals surface area (Å²) in [5, 5.41) is 18.8. The van der Waals surface area contributed by atoms with Crippen LogP contribution < -0.4 is 0 Å². The molecule has 2 atom stereocenters. The Kier molecular flexibility index (Phi) is 16.6. The van der Waals surface area contributed by atoms with Crippen molar-refractivity contribution >= 4 is 37.2 Å². The Bertz CT molecular complexity index is 331. The molecule has 0 saturated heterocycles. The lowest BCUT2D eigenvalue weighted by Gasteiger charge is -2.20. The summed E-state index contributed by atoms with van der Waals surface area (Å²) >= 11 is 8.21. The van der Waals surface area contributed by atoms with Gasteiger partial charge >= 0.3 is 0 Å². The smallest absolute Gasteiger partial charge is 0.115 e. The van der Waals surface area contributed by atoms with Crippen molar-refractivity contribution < 1.29 is 19.7 Å². The van der Waals surface area contributed by atoms with E-state index in [1.54, 1.807) is 0 Å². The van der Waals surface area contributed by atoms with Crippen molar-refractivity contribution in [2.45, 2.75) is 32.0 Å². The van der Waals surface area contributed by atoms with Gasteiger partial charge in [-0.1, -0.05) is 6.92 Å². The Hall–Kier alpha value is -0.120. The van der Waals surface area contributed by atoms with Gasteiger partial charge in [0, 0.05) is 44.0 Å². The molecule has 0 spiro atoms. The molecule has 8 heteroatoms. The van der Waals surface area contributed by atoms with E-state index in [-0.39, 0.29) is 12.7 Å². The van der Waals surface area contributed by atoms with Crippen LogP contribution in [0.5, 0.6) is 0 Å². The molecule has 0 aliphatic rings. The highest BCUT2D eigenvalue weighted by atomic mass is 32.1. The van der Waals surface area contributed by atoms with E-state index in [1.807, 2.05) is 6.92 Å². The van der Waals surface area contributed by atoms with Crippen LogP contribution in [0.2, 0.25) is 0 Å². The zero-order valence-corrected chi connectivity index (χ0v) is 15.6. The van der Waals surface area contributed by atoms with Crippen LogP contribution >= 0.6 is 25.3 Å². The minimum Gasteiger partial charge on any atom is -0.396 e. The molecule has 2 N–H and O–H groups in total. The van der Waals surface area contributed by atoms with E-state index in [0.717, 1.165) is 5.71 Å². The van der Waals surface area contributed by atoms with Crippen molar-refractivity contribution in [1.82, 2.24) is 0 Å². The summed E-state index contributed by atoms with van der Waals surface area (Å²) in [6.45, 7) is 4.35. The van der Waals surface area contributed by atoms with E-state index in [2.05, 4.69) is 35.2 Å². The fraction of sp³-hybridized carbons (Fsp3) is 0.867. The summed E-state index contributed by atoms with van der Waals surface area (Å²) in [7, 11) is 0. The summed E-state index contributed by atoms with van der Waals surface area (Å²) in [6.07, 6.45) is 1.68. The van der Waals surface area contributed by atoms with Gasteiger partial charge in [-0.05, 0) is 12.8 Å². The highest BCUT2D eigenvalue weighted by Crippen LogP contribution is 2.04. The van der Waals surface area contributed by atoms with Gasteiger partial charge in [-0.2, -0.15) is 25.3 Å². The Morgan fingerprint density at radius 1 is 1.22 bits per heavy atom. The maximum atomic E-state index is 10.1. The second kappa shape index (κ2) is 16.7. The van der Waals surface area contributed by atoms with Gasteiger partial charge in [0.15, 0.2) is 0 Å². The van der Waals surface area contributed by atoms with Crippen molar-refractivity contribution in [2.75, 3.05) is 51.0 Å². The van der Waals surface area contributed by atoms with E-state index in [0.29, 0.717) is 57.3 Å². The standard InChI is InChI=1S/C15H30N2O4S2/c1-2-15(14(19)10-16-4-8-22)21-12-13(17-5-9-23)11-20-7-3-6-18/h10,14-15,18-19,22-23H,2-9,11-12H2,1H3/b16-10-,17-13-. The van der Waals surface area contributed by atoms with Gasteiger partial charge in [-0.25, -0.2) is 0 Å². The number of nitrogens with zero attached hydrogens (tertiary/aromatic N) is 2. The molecule has 0 aromatic rings. The molecule has 0 fully saturated rings. The monoisotopic (exact) mass is 366 g/mol. The molecule has 0 aliphatic heterocycles.